The van der Waals surface area contributed by atoms with Crippen LogP contribution in [0, 0.1) is 5.92 Å². The molecule has 1 aromatic carbocycles. The van der Waals surface area contributed by atoms with E-state index in [1.54, 1.807) is 37.4 Å². The summed E-state index contributed by atoms with van der Waals surface area (Å²) in [5, 5.41) is 10.0. The molecule has 0 saturated carbocycles. The number of amides is 2. The molecule has 2 saturated heterocycles. The molecule has 0 spiro atoms. The number of carbonyl (C=O) groups excluding carboxylic acids is 2. The second-order valence-electron chi connectivity index (χ2n) is 11.3. The number of carbonyl (C=O) groups is 2. The number of hydrogen-bond donors (Lipinski definition) is 2. The molecule has 3 N–H and O–H groups in total. The lowest BCUT2D eigenvalue weighted by molar-refractivity contribution is -0.126. The number of rotatable bonds is 10. The highest BCUT2D eigenvalue weighted by Gasteiger charge is 2.48. The summed E-state index contributed by atoms with van der Waals surface area (Å²) in [6.45, 7) is 8.42. The van der Waals surface area contributed by atoms with Gasteiger partial charge in [-0.2, -0.15) is 0 Å². The summed E-state index contributed by atoms with van der Waals surface area (Å²) in [7, 11) is 0. The normalized spacial score (nSPS) is 22.7. The van der Waals surface area contributed by atoms with E-state index in [0.29, 0.717) is 43.2 Å². The molecule has 8 nitrogen and oxygen atoms in total. The topological polar surface area (TPSA) is 109 Å². The van der Waals surface area contributed by atoms with Crippen molar-refractivity contribution in [1.29, 1.82) is 0 Å². The van der Waals surface area contributed by atoms with Crippen LogP contribution in [0.25, 0.3) is 11.3 Å². The summed E-state index contributed by atoms with van der Waals surface area (Å²) in [6.07, 6.45) is 4.14. The van der Waals surface area contributed by atoms with Gasteiger partial charge in [0.25, 0.3) is 5.91 Å². The van der Waals surface area contributed by atoms with Crippen LogP contribution in [-0.4, -0.2) is 81.8 Å². The highest BCUT2D eigenvalue weighted by molar-refractivity contribution is 5.99. The SMILES string of the molecule is CCC(F)(CC)CN1CCC(COc2ccc(-c3ccc(C(=O)N4C[C@H](O)C[C@@]4(C)C(N)=O)cc3)nc2)CC1. The van der Waals surface area contributed by atoms with Crippen molar-refractivity contribution >= 4 is 11.8 Å². The van der Waals surface area contributed by atoms with Crippen LogP contribution < -0.4 is 10.5 Å². The number of pyridine rings is 1. The molecule has 1 aromatic heterocycles. The van der Waals surface area contributed by atoms with Crippen LogP contribution >= 0.6 is 0 Å². The molecule has 212 valence electrons. The van der Waals surface area contributed by atoms with Crippen LogP contribution in [0.5, 0.6) is 5.75 Å². The van der Waals surface area contributed by atoms with Gasteiger partial charge in [-0.3, -0.25) is 14.6 Å². The van der Waals surface area contributed by atoms with Crippen molar-refractivity contribution in [3.05, 3.63) is 48.2 Å². The van der Waals surface area contributed by atoms with Crippen LogP contribution in [-0.2, 0) is 4.79 Å². The smallest absolute Gasteiger partial charge is 0.254 e. The summed E-state index contributed by atoms with van der Waals surface area (Å²) < 4.78 is 20.7. The van der Waals surface area contributed by atoms with E-state index in [0.717, 1.165) is 37.2 Å². The molecule has 2 aromatic rings. The van der Waals surface area contributed by atoms with Crippen LogP contribution in [0.4, 0.5) is 4.39 Å². The van der Waals surface area contributed by atoms with Crippen LogP contribution in [0.1, 0.15) is 63.2 Å². The number of primary amides is 1. The number of aliphatic hydroxyl groups is 1. The maximum absolute atomic E-state index is 14.7. The number of halogens is 1. The number of ether oxygens (including phenoxy) is 1. The molecule has 2 aliphatic rings. The molecule has 9 heteroatoms. The summed E-state index contributed by atoms with van der Waals surface area (Å²) in [5.41, 5.74) is 5.23. The van der Waals surface area contributed by atoms with Gasteiger partial charge in [0.15, 0.2) is 0 Å². The van der Waals surface area contributed by atoms with Crippen LogP contribution in [0.3, 0.4) is 0 Å². The minimum Gasteiger partial charge on any atom is -0.492 e. The van der Waals surface area contributed by atoms with Crippen molar-refractivity contribution in [1.82, 2.24) is 14.8 Å². The Kier molecular flexibility index (Phi) is 8.91. The minimum absolute atomic E-state index is 0.0676. The molecular weight excluding hydrogens is 499 g/mol. The lowest BCUT2D eigenvalue weighted by Crippen LogP contribution is -2.53. The molecule has 39 heavy (non-hydrogen) atoms. The average Bonchev–Trinajstić information content (AvgIpc) is 3.27. The molecule has 0 radical (unpaired) electrons. The van der Waals surface area contributed by atoms with Gasteiger partial charge in [0.05, 0.1) is 24.6 Å². The highest BCUT2D eigenvalue weighted by Crippen LogP contribution is 2.31. The number of β-amino-alcohol motifs (C(OH)–C–C–N with tert-alkyl or cyclic N) is 1. The van der Waals surface area contributed by atoms with Gasteiger partial charge in [-0.25, -0.2) is 4.39 Å². The first kappa shape index (κ1) is 29.0. The summed E-state index contributed by atoms with van der Waals surface area (Å²) in [5.74, 6) is 0.164. The van der Waals surface area contributed by atoms with E-state index in [-0.39, 0.29) is 18.9 Å². The zero-order valence-electron chi connectivity index (χ0n) is 23.2. The third-order valence-corrected chi connectivity index (χ3v) is 8.53. The van der Waals surface area contributed by atoms with Gasteiger partial charge in [0, 0.05) is 30.6 Å². The van der Waals surface area contributed by atoms with Crippen molar-refractivity contribution in [3.63, 3.8) is 0 Å². The molecule has 2 atom stereocenters. The first-order valence-electron chi connectivity index (χ1n) is 14.0. The van der Waals surface area contributed by atoms with Crippen LogP contribution in [0.15, 0.2) is 42.6 Å². The Morgan fingerprint density at radius 1 is 1.15 bits per heavy atom. The third kappa shape index (κ3) is 6.58. The zero-order valence-corrected chi connectivity index (χ0v) is 23.2. The summed E-state index contributed by atoms with van der Waals surface area (Å²) >= 11 is 0. The van der Waals surface area contributed by atoms with Gasteiger partial charge >= 0.3 is 0 Å². The van der Waals surface area contributed by atoms with Gasteiger partial charge in [-0.15, -0.1) is 0 Å². The monoisotopic (exact) mass is 540 g/mol. The number of nitrogens with zero attached hydrogens (tertiary/aromatic N) is 3. The Bertz CT molecular complexity index is 1130. The second-order valence-corrected chi connectivity index (χ2v) is 11.3. The highest BCUT2D eigenvalue weighted by atomic mass is 19.1. The molecule has 2 amide bonds. The van der Waals surface area contributed by atoms with E-state index < -0.39 is 23.2 Å². The number of hydrogen-bond acceptors (Lipinski definition) is 6. The Morgan fingerprint density at radius 3 is 2.38 bits per heavy atom. The lowest BCUT2D eigenvalue weighted by atomic mass is 9.94. The Labute approximate surface area is 230 Å². The molecule has 4 rings (SSSR count). The minimum atomic E-state index is -1.21. The Morgan fingerprint density at radius 2 is 1.82 bits per heavy atom. The van der Waals surface area contributed by atoms with Gasteiger partial charge in [0.2, 0.25) is 5.91 Å². The van der Waals surface area contributed by atoms with Crippen molar-refractivity contribution < 1.29 is 23.8 Å². The number of piperidine rings is 1. The van der Waals surface area contributed by atoms with E-state index in [9.17, 15) is 19.1 Å². The van der Waals surface area contributed by atoms with E-state index >= 15 is 0 Å². The average molecular weight is 541 g/mol. The van der Waals surface area contributed by atoms with E-state index in [2.05, 4.69) is 9.88 Å². The van der Waals surface area contributed by atoms with Gasteiger partial charge in [0.1, 0.15) is 17.0 Å². The summed E-state index contributed by atoms with van der Waals surface area (Å²) in [4.78, 5) is 33.2. The number of alkyl halides is 1. The molecule has 0 unspecified atom stereocenters. The van der Waals surface area contributed by atoms with Crippen molar-refractivity contribution in [3.8, 4) is 17.0 Å². The number of nitrogens with two attached hydrogens (primary N) is 1. The molecule has 3 heterocycles. The number of likely N-dealkylation sites (tertiary alicyclic amines) is 2. The third-order valence-electron chi connectivity index (χ3n) is 8.53. The van der Waals surface area contributed by atoms with E-state index in [1.165, 1.54) is 4.90 Å². The number of benzene rings is 1. The fourth-order valence-corrected chi connectivity index (χ4v) is 5.56. The standard InChI is InChI=1S/C30H41FN4O4/c1-4-30(31,5-2)20-34-14-12-21(13-15-34)19-39-25-10-11-26(33-17-25)22-6-8-23(9-7-22)27(37)35-18-24(36)16-29(35,3)28(32)38/h6-11,17,21,24,36H,4-5,12-16,18-20H2,1-3H3,(H2,32,38)/t24-,29+/m1/s1. The molecule has 0 aliphatic carbocycles. The van der Waals surface area contributed by atoms with E-state index in [1.807, 2.05) is 26.0 Å². The van der Waals surface area contributed by atoms with Gasteiger partial charge in [-0.1, -0.05) is 26.0 Å². The Hall–Kier alpha value is -3.04. The molecular formula is C30H41FN4O4. The van der Waals surface area contributed by atoms with Crippen molar-refractivity contribution in [2.45, 2.75) is 70.2 Å². The Balaban J connectivity index is 1.29. The number of aliphatic hydroxyl groups excluding tert-OH is 1. The quantitative estimate of drug-likeness (QED) is 0.474. The predicted molar refractivity (Wildman–Crippen MR) is 148 cm³/mol. The van der Waals surface area contributed by atoms with Gasteiger partial charge < -0.3 is 25.4 Å². The largest absolute Gasteiger partial charge is 0.492 e. The fraction of sp³-hybridized carbons (Fsp3) is 0.567. The maximum Gasteiger partial charge on any atom is 0.254 e. The van der Waals surface area contributed by atoms with Crippen molar-refractivity contribution in [2.24, 2.45) is 11.7 Å². The van der Waals surface area contributed by atoms with Crippen molar-refractivity contribution in [2.75, 3.05) is 32.8 Å². The molecule has 2 fully saturated rings. The predicted octanol–water partition coefficient (Wildman–Crippen LogP) is 3.82. The number of aromatic nitrogens is 1. The van der Waals surface area contributed by atoms with Crippen LogP contribution in [0.2, 0.25) is 0 Å². The lowest BCUT2D eigenvalue weighted by Gasteiger charge is -2.36. The second kappa shape index (κ2) is 12.0. The van der Waals surface area contributed by atoms with Gasteiger partial charge in [-0.05, 0) is 75.9 Å². The fourth-order valence-electron chi connectivity index (χ4n) is 5.56. The first-order valence-corrected chi connectivity index (χ1v) is 14.0. The molecule has 2 aliphatic heterocycles. The maximum atomic E-state index is 14.7. The molecule has 0 bridgehead atoms. The van der Waals surface area contributed by atoms with E-state index in [4.69, 9.17) is 10.5 Å². The summed E-state index contributed by atoms with van der Waals surface area (Å²) in [6, 6.07) is 10.8. The first-order chi connectivity index (χ1) is 18.6. The zero-order chi connectivity index (χ0) is 28.2.